The number of ether oxygens (including phenoxy) is 1. The molecule has 0 fully saturated rings. The lowest BCUT2D eigenvalue weighted by Gasteiger charge is -2.39. The molecule has 2 N–H and O–H groups in total. The molecule has 0 saturated carbocycles. The third kappa shape index (κ3) is 10.0. The molecule has 0 aliphatic rings. The quantitative estimate of drug-likeness (QED) is 0.266. The number of hydrogen-bond donors (Lipinski definition) is 2. The van der Waals surface area contributed by atoms with Gasteiger partial charge in [0.2, 0.25) is 0 Å². The lowest BCUT2D eigenvalue weighted by Crippen LogP contribution is -2.46. The third-order valence-electron chi connectivity index (χ3n) is 4.81. The van der Waals surface area contributed by atoms with Gasteiger partial charge in [0.25, 0.3) is 0 Å². The summed E-state index contributed by atoms with van der Waals surface area (Å²) in [4.78, 5) is 11.5. The van der Waals surface area contributed by atoms with Crippen LogP contribution in [0.25, 0.3) is 0 Å². The first-order valence-electron chi connectivity index (χ1n) is 9.88. The molecular formula is C21H40O5Si2. The highest BCUT2D eigenvalue weighted by molar-refractivity contribution is 6.83. The number of aliphatic hydroxyl groups is 2. The van der Waals surface area contributed by atoms with Gasteiger partial charge in [-0.15, -0.1) is 5.54 Å². The van der Waals surface area contributed by atoms with Crippen LogP contribution in [-0.4, -0.2) is 57.0 Å². The molecule has 0 amide bonds. The molecule has 0 unspecified atom stereocenters. The maximum Gasteiger partial charge on any atom is 0.330 e. The van der Waals surface area contributed by atoms with Crippen molar-refractivity contribution in [3.05, 3.63) is 12.2 Å². The van der Waals surface area contributed by atoms with Crippen molar-refractivity contribution in [1.82, 2.24) is 0 Å². The number of esters is 1. The van der Waals surface area contributed by atoms with Crippen molar-refractivity contribution in [2.75, 3.05) is 6.61 Å². The molecule has 0 aliphatic heterocycles. The normalized spacial score (nSPS) is 17.4. The zero-order valence-electron chi connectivity index (χ0n) is 19.3. The number of aliphatic hydroxyl groups excluding tert-OH is 1. The minimum absolute atomic E-state index is 0.00335. The predicted octanol–water partition coefficient (Wildman–Crippen LogP) is 3.88. The van der Waals surface area contributed by atoms with Gasteiger partial charge in [-0.3, -0.25) is 0 Å². The van der Waals surface area contributed by atoms with Crippen LogP contribution in [0.2, 0.25) is 37.8 Å². The van der Waals surface area contributed by atoms with Crippen molar-refractivity contribution in [2.45, 2.75) is 96.6 Å². The van der Waals surface area contributed by atoms with Crippen molar-refractivity contribution in [3.63, 3.8) is 0 Å². The average Bonchev–Trinajstić information content (AvgIpc) is 2.49. The van der Waals surface area contributed by atoms with Crippen LogP contribution in [0.15, 0.2) is 12.2 Å². The van der Waals surface area contributed by atoms with Crippen molar-refractivity contribution in [2.24, 2.45) is 0 Å². The Bertz CT molecular complexity index is 601. The summed E-state index contributed by atoms with van der Waals surface area (Å²) in [5.41, 5.74) is 1.73. The Morgan fingerprint density at radius 1 is 1.14 bits per heavy atom. The summed E-state index contributed by atoms with van der Waals surface area (Å²) in [5.74, 6) is 2.66. The third-order valence-corrected chi connectivity index (χ3v) is 10.2. The van der Waals surface area contributed by atoms with Crippen molar-refractivity contribution in [1.29, 1.82) is 0 Å². The number of carbonyl (C=O) groups is 1. The Kier molecular flexibility index (Phi) is 9.88. The second-order valence-corrected chi connectivity index (χ2v) is 19.5. The number of hydrogen-bond acceptors (Lipinski definition) is 5. The molecule has 3 atom stereocenters. The van der Waals surface area contributed by atoms with Crippen LogP contribution in [0, 0.1) is 11.5 Å². The van der Waals surface area contributed by atoms with Gasteiger partial charge in [-0.2, -0.15) is 0 Å². The molecule has 0 bridgehead atoms. The van der Waals surface area contributed by atoms with E-state index >= 15 is 0 Å². The van der Waals surface area contributed by atoms with E-state index in [0.29, 0.717) is 0 Å². The lowest BCUT2D eigenvalue weighted by atomic mass is 9.94. The topological polar surface area (TPSA) is 76.0 Å². The standard InChI is InChI=1S/C21H40O5Si2/c1-11-25-19(23)12-14-21(5,24)18(22)16-17(13-15-27(6,7)8)26-28(9,10)20(2,3)4/h12,14,17-18,22,24H,11,16H2,1-10H3/b14-12+/t17-,18+,21+/m0/s1. The van der Waals surface area contributed by atoms with Gasteiger partial charge in [0.05, 0.1) is 12.7 Å². The Morgan fingerprint density at radius 2 is 1.68 bits per heavy atom. The minimum atomic E-state index is -2.11. The highest BCUT2D eigenvalue weighted by atomic mass is 28.4. The van der Waals surface area contributed by atoms with E-state index in [1.165, 1.54) is 13.0 Å². The summed E-state index contributed by atoms with van der Waals surface area (Å²) in [6.45, 7) is 20.6. The van der Waals surface area contributed by atoms with E-state index in [-0.39, 0.29) is 18.1 Å². The molecule has 162 valence electrons. The summed E-state index contributed by atoms with van der Waals surface area (Å²) >= 11 is 0. The van der Waals surface area contributed by atoms with Gasteiger partial charge in [0.15, 0.2) is 8.32 Å². The molecule has 0 rings (SSSR count). The lowest BCUT2D eigenvalue weighted by molar-refractivity contribution is -0.137. The van der Waals surface area contributed by atoms with Gasteiger partial charge in [-0.05, 0) is 38.1 Å². The maximum absolute atomic E-state index is 11.5. The molecule has 0 radical (unpaired) electrons. The molecular weight excluding hydrogens is 388 g/mol. The fourth-order valence-electron chi connectivity index (χ4n) is 1.95. The molecule has 7 heteroatoms. The summed E-state index contributed by atoms with van der Waals surface area (Å²) in [5, 5.41) is 21.3. The molecule has 0 aromatic heterocycles. The van der Waals surface area contributed by atoms with E-state index in [0.717, 1.165) is 6.08 Å². The second-order valence-electron chi connectivity index (χ2n) is 9.95. The molecule has 5 nitrogen and oxygen atoms in total. The van der Waals surface area contributed by atoms with Crippen LogP contribution in [0.5, 0.6) is 0 Å². The monoisotopic (exact) mass is 428 g/mol. The fourth-order valence-corrected chi connectivity index (χ4v) is 3.76. The highest BCUT2D eigenvalue weighted by Gasteiger charge is 2.40. The second kappa shape index (κ2) is 10.2. The predicted molar refractivity (Wildman–Crippen MR) is 120 cm³/mol. The molecule has 0 saturated heterocycles. The van der Waals surface area contributed by atoms with E-state index in [4.69, 9.17) is 9.16 Å². The largest absolute Gasteiger partial charge is 0.463 e. The van der Waals surface area contributed by atoms with Gasteiger partial charge in [0, 0.05) is 12.5 Å². The smallest absolute Gasteiger partial charge is 0.330 e. The minimum Gasteiger partial charge on any atom is -0.463 e. The van der Waals surface area contributed by atoms with Crippen molar-refractivity contribution in [3.8, 4) is 11.5 Å². The van der Waals surface area contributed by atoms with Crippen molar-refractivity contribution >= 4 is 22.4 Å². The van der Waals surface area contributed by atoms with E-state index < -0.39 is 40.2 Å². The highest BCUT2D eigenvalue weighted by Crippen LogP contribution is 2.38. The van der Waals surface area contributed by atoms with E-state index in [1.807, 2.05) is 0 Å². The summed E-state index contributed by atoms with van der Waals surface area (Å²) in [6, 6.07) is 0. The molecule has 0 aromatic rings. The number of carbonyl (C=O) groups excluding carboxylic acids is 1. The Balaban J connectivity index is 5.51. The van der Waals surface area contributed by atoms with Crippen molar-refractivity contribution < 1.29 is 24.2 Å². The van der Waals surface area contributed by atoms with Crippen LogP contribution in [-0.2, 0) is 14.0 Å². The van der Waals surface area contributed by atoms with Gasteiger partial charge < -0.3 is 19.4 Å². The Hall–Kier alpha value is -0.916. The molecule has 0 heterocycles. The first-order chi connectivity index (χ1) is 12.4. The SMILES string of the molecule is CCOC(=O)/C=C/[C@@](C)(O)[C@H](O)C[C@H](C#C[Si](C)(C)C)O[Si](C)(C)C(C)(C)C. The van der Waals surface area contributed by atoms with E-state index in [1.54, 1.807) is 6.92 Å². The maximum atomic E-state index is 11.5. The number of rotatable bonds is 8. The molecule has 28 heavy (non-hydrogen) atoms. The molecule has 0 aliphatic carbocycles. The molecule has 0 aromatic carbocycles. The zero-order valence-corrected chi connectivity index (χ0v) is 21.3. The first-order valence-corrected chi connectivity index (χ1v) is 16.3. The average molecular weight is 429 g/mol. The van der Waals surface area contributed by atoms with Crippen LogP contribution in [0.3, 0.4) is 0 Å². The Morgan fingerprint density at radius 3 is 2.11 bits per heavy atom. The van der Waals surface area contributed by atoms with Crippen LogP contribution in [0.4, 0.5) is 0 Å². The Labute approximate surface area is 173 Å². The van der Waals surface area contributed by atoms with Crippen LogP contribution >= 0.6 is 0 Å². The summed E-state index contributed by atoms with van der Waals surface area (Å²) in [7, 11) is -3.73. The van der Waals surface area contributed by atoms with Gasteiger partial charge in [0.1, 0.15) is 19.8 Å². The van der Waals surface area contributed by atoms with Gasteiger partial charge in [-0.25, -0.2) is 4.79 Å². The van der Waals surface area contributed by atoms with Gasteiger partial charge in [-0.1, -0.05) is 46.3 Å². The van der Waals surface area contributed by atoms with Crippen LogP contribution in [0.1, 0.15) is 41.0 Å². The van der Waals surface area contributed by atoms with Crippen LogP contribution < -0.4 is 0 Å². The zero-order chi connectivity index (χ0) is 22.4. The van der Waals surface area contributed by atoms with E-state index in [2.05, 4.69) is 65.0 Å². The summed E-state index contributed by atoms with van der Waals surface area (Å²) < 4.78 is 11.3. The van der Waals surface area contributed by atoms with E-state index in [9.17, 15) is 15.0 Å². The van der Waals surface area contributed by atoms with Gasteiger partial charge >= 0.3 is 5.97 Å². The summed E-state index contributed by atoms with van der Waals surface area (Å²) in [6.07, 6.45) is 0.952. The molecule has 0 spiro atoms. The fraction of sp³-hybridized carbons (Fsp3) is 0.762. The first kappa shape index (κ1) is 27.1.